The minimum Gasteiger partial charge on any atom is -0.505 e. The lowest BCUT2D eigenvalue weighted by Crippen LogP contribution is -2.57. The van der Waals surface area contributed by atoms with Gasteiger partial charge in [0.2, 0.25) is 5.39 Å². The number of ether oxygens (including phenoxy) is 4. The molecule has 1 N–H and O–H groups in total. The second-order valence-corrected chi connectivity index (χ2v) is 16.1. The fourth-order valence-electron chi connectivity index (χ4n) is 6.90. The van der Waals surface area contributed by atoms with Crippen molar-refractivity contribution in [2.24, 2.45) is 11.3 Å². The van der Waals surface area contributed by atoms with Crippen LogP contribution in [0.15, 0.2) is 24.1 Å². The van der Waals surface area contributed by atoms with E-state index in [1.165, 1.54) is 7.11 Å². The lowest BCUT2D eigenvalue weighted by atomic mass is 9.55. The second kappa shape index (κ2) is 14.4. The summed E-state index contributed by atoms with van der Waals surface area (Å²) in [6.45, 7) is 12.7. The van der Waals surface area contributed by atoms with Gasteiger partial charge in [-0.05, 0) is 66.2 Å². The molecule has 10 heteroatoms. The van der Waals surface area contributed by atoms with Gasteiger partial charge in [0.05, 0.1) is 25.7 Å². The number of aliphatic hydroxyl groups is 1. The Balaban J connectivity index is 2.89. The predicted molar refractivity (Wildman–Crippen MR) is 157 cm³/mol. The van der Waals surface area contributed by atoms with E-state index in [0.29, 0.717) is 18.4 Å². The van der Waals surface area contributed by atoms with Gasteiger partial charge in [-0.1, -0.05) is 34.6 Å². The molecule has 0 amide bonds. The molecule has 0 aliphatic heterocycles. The van der Waals surface area contributed by atoms with Crippen molar-refractivity contribution < 1.29 is 33.3 Å². The van der Waals surface area contributed by atoms with Crippen molar-refractivity contribution in [3.05, 3.63) is 45.8 Å². The Morgan fingerprint density at radius 1 is 1.18 bits per heavy atom. The van der Waals surface area contributed by atoms with E-state index in [-0.39, 0.29) is 18.1 Å². The quantitative estimate of drug-likeness (QED) is 0.0838. The molecule has 1 aromatic rings. The number of carbonyl (C=O) groups excluding carboxylic acids is 1. The number of allylic oxidation sites excluding steroid dienone is 1. The second-order valence-electron chi connectivity index (χ2n) is 11.2. The van der Waals surface area contributed by atoms with Crippen LogP contribution in [0.1, 0.15) is 70.1 Å². The first-order chi connectivity index (χ1) is 19.0. The van der Waals surface area contributed by atoms with Gasteiger partial charge in [-0.3, -0.25) is 4.79 Å². The van der Waals surface area contributed by atoms with Crippen molar-refractivity contribution in [2.45, 2.75) is 96.7 Å². The van der Waals surface area contributed by atoms with Crippen LogP contribution in [-0.4, -0.2) is 60.2 Å². The summed E-state index contributed by atoms with van der Waals surface area (Å²) in [6, 6.07) is 5.74. The lowest BCUT2D eigenvalue weighted by molar-refractivity contribution is -0.196. The van der Waals surface area contributed by atoms with Crippen LogP contribution in [-0.2, 0) is 29.9 Å². The zero-order valence-corrected chi connectivity index (χ0v) is 26.9. The first-order valence-corrected chi connectivity index (χ1v) is 16.6. The van der Waals surface area contributed by atoms with Crippen LogP contribution in [0, 0.1) is 23.6 Å². The van der Waals surface area contributed by atoms with E-state index < -0.39 is 38.0 Å². The van der Waals surface area contributed by atoms with Gasteiger partial charge in [-0.25, -0.2) is 0 Å². The molecule has 0 unspecified atom stereocenters. The summed E-state index contributed by atoms with van der Waals surface area (Å²) in [4.78, 5) is 17.2. The Bertz CT molecular complexity index is 1080. The van der Waals surface area contributed by atoms with Crippen molar-refractivity contribution in [2.75, 3.05) is 28.4 Å². The number of hydrogen-bond acceptors (Lipinski definition) is 8. The van der Waals surface area contributed by atoms with Crippen LogP contribution < -0.4 is 4.74 Å². The summed E-state index contributed by atoms with van der Waals surface area (Å²) >= 11 is 0. The average molecular weight is 578 g/mol. The molecule has 0 saturated heterocycles. The largest absolute Gasteiger partial charge is 0.505 e. The van der Waals surface area contributed by atoms with E-state index in [0.717, 1.165) is 40.7 Å². The first-order valence-electron chi connectivity index (χ1n) is 14.2. The predicted octanol–water partition coefficient (Wildman–Crippen LogP) is 6.87. The van der Waals surface area contributed by atoms with Crippen LogP contribution >= 0.6 is 0 Å². The van der Waals surface area contributed by atoms with Crippen molar-refractivity contribution in [1.82, 2.24) is 0 Å². The van der Waals surface area contributed by atoms with E-state index in [2.05, 4.69) is 32.7 Å². The number of benzene rings is 1. The van der Waals surface area contributed by atoms with Gasteiger partial charge in [0.1, 0.15) is 5.75 Å². The molecule has 2 rings (SSSR count). The van der Waals surface area contributed by atoms with E-state index in [9.17, 15) is 9.90 Å². The van der Waals surface area contributed by atoms with Gasteiger partial charge in [-0.15, -0.1) is 0 Å². The first kappa shape index (κ1) is 33.8. The van der Waals surface area contributed by atoms with E-state index in [1.807, 2.05) is 26.0 Å². The maximum absolute atomic E-state index is 14.1. The highest BCUT2D eigenvalue weighted by atomic mass is 28.4. The molecule has 9 nitrogen and oxygen atoms in total. The number of aliphatic hydroxyl groups excluding tert-OH is 1. The van der Waals surface area contributed by atoms with Gasteiger partial charge in [0, 0.05) is 32.5 Å². The summed E-state index contributed by atoms with van der Waals surface area (Å²) in [6.07, 6.45) is 0.809. The standard InChI is InChI=1S/C30H48N2O7Si/c1-11-40(12-2,19(3)4)39-27(28(36-8)37-9)21(6)30(29(34)38-10)14-13-22-16-24(35-7)15-20(5)26(22)25(30)17-23(33)18-32-31/h15-16,18-19,21,25,27-28H,11-14,17H2,1-10H3/p+1/b23-18-/t21-,25+,27-,30-/m1/s1. The summed E-state index contributed by atoms with van der Waals surface area (Å²) in [7, 11) is 3.91. The van der Waals surface area contributed by atoms with Crippen molar-refractivity contribution in [1.29, 1.82) is 5.39 Å². The number of methoxy groups -OCH3 is 4. The number of rotatable bonds is 14. The Morgan fingerprint density at radius 3 is 2.27 bits per heavy atom. The van der Waals surface area contributed by atoms with Gasteiger partial charge >= 0.3 is 12.2 Å². The molecule has 1 aliphatic rings. The van der Waals surface area contributed by atoms with E-state index >= 15 is 0 Å². The van der Waals surface area contributed by atoms with E-state index in [4.69, 9.17) is 28.8 Å². The SMILES string of the molecule is CC[Si](CC)(O[C@@H](C(OC)OC)[C@@H](C)[C@]1(C(=O)OC)CCc2cc(OC)cc(C)c2[C@@H]1C/C(O)=C/[N+]#N)C(C)C. The highest BCUT2D eigenvalue weighted by Crippen LogP contribution is 2.57. The summed E-state index contributed by atoms with van der Waals surface area (Å²) < 4.78 is 29.9. The molecule has 0 spiro atoms. The van der Waals surface area contributed by atoms with Crippen molar-refractivity contribution in [3.63, 3.8) is 0 Å². The Labute approximate surface area is 240 Å². The third-order valence-corrected chi connectivity index (χ3v) is 14.5. The Hall–Kier alpha value is -2.45. The molecular weight excluding hydrogens is 528 g/mol. The molecule has 1 aromatic carbocycles. The van der Waals surface area contributed by atoms with Crippen LogP contribution in [0.5, 0.6) is 5.75 Å². The smallest absolute Gasteiger partial charge is 0.387 e. The summed E-state index contributed by atoms with van der Waals surface area (Å²) in [5, 5.41) is 20.0. The number of aryl methyl sites for hydroxylation is 2. The minimum absolute atomic E-state index is 0.0648. The molecule has 0 saturated carbocycles. The fraction of sp³-hybridized carbons (Fsp3) is 0.700. The third-order valence-electron chi connectivity index (χ3n) is 9.30. The van der Waals surface area contributed by atoms with Crippen molar-refractivity contribution >= 4 is 14.3 Å². The average Bonchev–Trinajstić information content (AvgIpc) is 2.94. The highest BCUT2D eigenvalue weighted by Gasteiger charge is 2.58. The minimum atomic E-state index is -2.28. The van der Waals surface area contributed by atoms with Crippen LogP contribution in [0.4, 0.5) is 0 Å². The molecular formula is C30H49N2O7Si+. The molecule has 4 atom stereocenters. The molecule has 0 aromatic heterocycles. The van der Waals surface area contributed by atoms with Crippen LogP contribution in [0.25, 0.3) is 4.98 Å². The monoisotopic (exact) mass is 577 g/mol. The maximum atomic E-state index is 14.1. The molecule has 224 valence electrons. The van der Waals surface area contributed by atoms with Gasteiger partial charge in [0.25, 0.3) is 0 Å². The number of esters is 1. The van der Waals surface area contributed by atoms with Crippen LogP contribution in [0.3, 0.4) is 0 Å². The Morgan fingerprint density at radius 2 is 1.80 bits per heavy atom. The molecule has 0 bridgehead atoms. The number of carbonyl (C=O) groups is 1. The number of hydrogen-bond donors (Lipinski definition) is 1. The third kappa shape index (κ3) is 6.38. The molecule has 1 aliphatic carbocycles. The Kier molecular flexibility index (Phi) is 12.2. The molecule has 0 radical (unpaired) electrons. The topological polar surface area (TPSA) is 112 Å². The molecule has 0 fully saturated rings. The van der Waals surface area contributed by atoms with Gasteiger partial charge in [0.15, 0.2) is 25.3 Å². The number of diazo groups is 1. The zero-order valence-electron chi connectivity index (χ0n) is 25.9. The summed E-state index contributed by atoms with van der Waals surface area (Å²) in [5.41, 5.74) is 2.15. The molecule has 0 heterocycles. The lowest BCUT2D eigenvalue weighted by Gasteiger charge is -2.51. The highest BCUT2D eigenvalue weighted by molar-refractivity contribution is 6.75. The summed E-state index contributed by atoms with van der Waals surface area (Å²) in [5.74, 6) is -0.744. The van der Waals surface area contributed by atoms with E-state index in [1.54, 1.807) is 21.3 Å². The van der Waals surface area contributed by atoms with Crippen molar-refractivity contribution in [3.8, 4) is 5.75 Å². The number of fused-ring (bicyclic) bond motifs is 1. The number of nitrogens with zero attached hydrogens (tertiary/aromatic N) is 2. The van der Waals surface area contributed by atoms with Gasteiger partial charge in [-0.2, -0.15) is 0 Å². The van der Waals surface area contributed by atoms with Crippen LogP contribution in [0.2, 0.25) is 17.6 Å². The normalized spacial score (nSPS) is 21.1. The zero-order chi connectivity index (χ0) is 30.3. The fourth-order valence-corrected chi connectivity index (χ4v) is 10.5. The molecule has 40 heavy (non-hydrogen) atoms. The maximum Gasteiger partial charge on any atom is 0.387 e. The van der Waals surface area contributed by atoms with Gasteiger partial charge < -0.3 is 28.5 Å².